The zero-order chi connectivity index (χ0) is 14.8. The van der Waals surface area contributed by atoms with Crippen LogP contribution in [0.1, 0.15) is 29.7 Å². The average Bonchev–Trinajstić information content (AvgIpc) is 2.86. The third-order valence-corrected chi connectivity index (χ3v) is 3.94. The van der Waals surface area contributed by atoms with Crippen LogP contribution in [0.4, 0.5) is 0 Å². The first-order valence-electron chi connectivity index (χ1n) is 7.33. The van der Waals surface area contributed by atoms with E-state index in [2.05, 4.69) is 25.1 Å². The van der Waals surface area contributed by atoms with E-state index < -0.39 is 0 Å². The van der Waals surface area contributed by atoms with Gasteiger partial charge < -0.3 is 15.2 Å². The summed E-state index contributed by atoms with van der Waals surface area (Å²) in [7, 11) is 1.68. The molecule has 2 unspecified atom stereocenters. The fourth-order valence-corrected chi connectivity index (χ4v) is 2.84. The summed E-state index contributed by atoms with van der Waals surface area (Å²) in [6.45, 7) is 2.09. The van der Waals surface area contributed by atoms with Crippen molar-refractivity contribution in [2.24, 2.45) is 5.73 Å². The van der Waals surface area contributed by atoms with E-state index in [4.69, 9.17) is 15.2 Å². The van der Waals surface area contributed by atoms with Gasteiger partial charge in [0.25, 0.3) is 0 Å². The van der Waals surface area contributed by atoms with Crippen LogP contribution in [0.3, 0.4) is 0 Å². The van der Waals surface area contributed by atoms with Crippen LogP contribution >= 0.6 is 0 Å². The minimum absolute atomic E-state index is 0.0155. The number of ether oxygens (including phenoxy) is 2. The molecule has 3 heteroatoms. The van der Waals surface area contributed by atoms with Crippen molar-refractivity contribution in [2.75, 3.05) is 7.11 Å². The van der Waals surface area contributed by atoms with E-state index >= 15 is 0 Å². The first kappa shape index (κ1) is 14.0. The van der Waals surface area contributed by atoms with E-state index in [0.717, 1.165) is 29.9 Å². The standard InChI is InChI=1S/C18H21NO2/c1-12-8-15-11-14(6-7-18(15)21-12)17(19)10-13-4-3-5-16(9-13)20-2/h3-7,9,11-12,17H,8,10,19H2,1-2H3. The molecule has 21 heavy (non-hydrogen) atoms. The molecule has 110 valence electrons. The predicted octanol–water partition coefficient (Wildman–Crippen LogP) is 3.26. The Morgan fingerprint density at radius 2 is 2.14 bits per heavy atom. The molecule has 0 saturated heterocycles. The highest BCUT2D eigenvalue weighted by Crippen LogP contribution is 2.31. The van der Waals surface area contributed by atoms with Gasteiger partial charge in [-0.2, -0.15) is 0 Å². The molecule has 0 fully saturated rings. The highest BCUT2D eigenvalue weighted by atomic mass is 16.5. The second kappa shape index (κ2) is 5.78. The number of methoxy groups -OCH3 is 1. The lowest BCUT2D eigenvalue weighted by molar-refractivity contribution is 0.254. The second-order valence-electron chi connectivity index (χ2n) is 5.66. The Morgan fingerprint density at radius 3 is 2.95 bits per heavy atom. The summed E-state index contributed by atoms with van der Waals surface area (Å²) < 4.78 is 11.0. The molecule has 2 N–H and O–H groups in total. The van der Waals surface area contributed by atoms with Gasteiger partial charge in [0.1, 0.15) is 17.6 Å². The maximum absolute atomic E-state index is 6.37. The molecule has 0 amide bonds. The van der Waals surface area contributed by atoms with Gasteiger partial charge in [-0.3, -0.25) is 0 Å². The minimum atomic E-state index is -0.0155. The lowest BCUT2D eigenvalue weighted by Crippen LogP contribution is -2.13. The molecule has 0 aromatic heterocycles. The molecule has 3 nitrogen and oxygen atoms in total. The van der Waals surface area contributed by atoms with E-state index in [1.54, 1.807) is 7.11 Å². The third-order valence-electron chi connectivity index (χ3n) is 3.94. The summed E-state index contributed by atoms with van der Waals surface area (Å²) in [6, 6.07) is 14.4. The SMILES string of the molecule is COc1cccc(CC(N)c2ccc3c(c2)CC(C)O3)c1. The molecular weight excluding hydrogens is 262 g/mol. The van der Waals surface area contributed by atoms with Gasteiger partial charge in [0.05, 0.1) is 7.11 Å². The fourth-order valence-electron chi connectivity index (χ4n) is 2.84. The molecule has 1 aliphatic rings. The number of nitrogens with two attached hydrogens (primary N) is 1. The monoisotopic (exact) mass is 283 g/mol. The summed E-state index contributed by atoms with van der Waals surface area (Å²) in [4.78, 5) is 0. The molecule has 0 spiro atoms. The number of hydrogen-bond acceptors (Lipinski definition) is 3. The Kier molecular flexibility index (Phi) is 3.84. The lowest BCUT2D eigenvalue weighted by Gasteiger charge is -2.14. The third kappa shape index (κ3) is 3.03. The van der Waals surface area contributed by atoms with Crippen LogP contribution in [-0.2, 0) is 12.8 Å². The number of rotatable bonds is 4. The molecule has 2 atom stereocenters. The maximum Gasteiger partial charge on any atom is 0.123 e. The van der Waals surface area contributed by atoms with Gasteiger partial charge in [0.15, 0.2) is 0 Å². The lowest BCUT2D eigenvalue weighted by atomic mass is 9.97. The predicted molar refractivity (Wildman–Crippen MR) is 83.9 cm³/mol. The van der Waals surface area contributed by atoms with Gasteiger partial charge in [0, 0.05) is 12.5 Å². The zero-order valence-corrected chi connectivity index (χ0v) is 12.5. The van der Waals surface area contributed by atoms with Crippen molar-refractivity contribution >= 4 is 0 Å². The van der Waals surface area contributed by atoms with E-state index in [1.807, 2.05) is 24.3 Å². The normalized spacial score (nSPS) is 18.0. The van der Waals surface area contributed by atoms with Gasteiger partial charge >= 0.3 is 0 Å². The Morgan fingerprint density at radius 1 is 1.29 bits per heavy atom. The van der Waals surface area contributed by atoms with Crippen LogP contribution in [0.5, 0.6) is 11.5 Å². The van der Waals surface area contributed by atoms with Gasteiger partial charge in [0.2, 0.25) is 0 Å². The number of benzene rings is 2. The van der Waals surface area contributed by atoms with Crippen molar-refractivity contribution in [3.8, 4) is 11.5 Å². The molecule has 1 heterocycles. The Hall–Kier alpha value is -2.00. The van der Waals surface area contributed by atoms with Crippen LogP contribution in [0.15, 0.2) is 42.5 Å². The van der Waals surface area contributed by atoms with Gasteiger partial charge in [-0.25, -0.2) is 0 Å². The summed E-state index contributed by atoms with van der Waals surface area (Å²) in [5.41, 5.74) is 9.98. The van der Waals surface area contributed by atoms with E-state index in [9.17, 15) is 0 Å². The molecule has 1 aliphatic heterocycles. The fraction of sp³-hybridized carbons (Fsp3) is 0.333. The van der Waals surface area contributed by atoms with Crippen LogP contribution in [-0.4, -0.2) is 13.2 Å². The molecule has 0 saturated carbocycles. The van der Waals surface area contributed by atoms with E-state index in [-0.39, 0.29) is 12.1 Å². The summed E-state index contributed by atoms with van der Waals surface area (Å²) in [5, 5.41) is 0. The summed E-state index contributed by atoms with van der Waals surface area (Å²) in [6.07, 6.45) is 2.03. The maximum atomic E-state index is 6.37. The van der Waals surface area contributed by atoms with Crippen molar-refractivity contribution in [3.63, 3.8) is 0 Å². The largest absolute Gasteiger partial charge is 0.497 e. The molecular formula is C18H21NO2. The van der Waals surface area contributed by atoms with Crippen LogP contribution in [0.2, 0.25) is 0 Å². The highest BCUT2D eigenvalue weighted by Gasteiger charge is 2.20. The summed E-state index contributed by atoms with van der Waals surface area (Å²) >= 11 is 0. The van der Waals surface area contributed by atoms with E-state index in [1.165, 1.54) is 11.1 Å². The zero-order valence-electron chi connectivity index (χ0n) is 12.5. The van der Waals surface area contributed by atoms with Crippen molar-refractivity contribution in [2.45, 2.75) is 31.9 Å². The van der Waals surface area contributed by atoms with Gasteiger partial charge in [-0.15, -0.1) is 0 Å². The summed E-state index contributed by atoms with van der Waals surface area (Å²) in [5.74, 6) is 1.87. The topological polar surface area (TPSA) is 44.5 Å². The first-order valence-corrected chi connectivity index (χ1v) is 7.33. The van der Waals surface area contributed by atoms with Gasteiger partial charge in [-0.1, -0.05) is 24.3 Å². The molecule has 0 aliphatic carbocycles. The smallest absolute Gasteiger partial charge is 0.123 e. The molecule has 2 aromatic rings. The number of hydrogen-bond donors (Lipinski definition) is 1. The Bertz CT molecular complexity index is 639. The molecule has 0 radical (unpaired) electrons. The van der Waals surface area contributed by atoms with Crippen LogP contribution in [0.25, 0.3) is 0 Å². The average molecular weight is 283 g/mol. The van der Waals surface area contributed by atoms with Crippen molar-refractivity contribution < 1.29 is 9.47 Å². The Balaban J connectivity index is 1.76. The van der Waals surface area contributed by atoms with Gasteiger partial charge in [-0.05, 0) is 48.2 Å². The van der Waals surface area contributed by atoms with Crippen molar-refractivity contribution in [1.29, 1.82) is 0 Å². The molecule has 2 aromatic carbocycles. The van der Waals surface area contributed by atoms with E-state index in [0.29, 0.717) is 0 Å². The number of fused-ring (bicyclic) bond motifs is 1. The Labute approximate surface area is 125 Å². The minimum Gasteiger partial charge on any atom is -0.497 e. The first-order chi connectivity index (χ1) is 10.2. The second-order valence-corrected chi connectivity index (χ2v) is 5.66. The molecule has 0 bridgehead atoms. The highest BCUT2D eigenvalue weighted by molar-refractivity contribution is 5.42. The van der Waals surface area contributed by atoms with Crippen LogP contribution < -0.4 is 15.2 Å². The molecule has 3 rings (SSSR count). The van der Waals surface area contributed by atoms with Crippen LogP contribution in [0, 0.1) is 0 Å². The quantitative estimate of drug-likeness (QED) is 0.936. The van der Waals surface area contributed by atoms with Crippen molar-refractivity contribution in [3.05, 3.63) is 59.2 Å². The van der Waals surface area contributed by atoms with Crippen molar-refractivity contribution in [1.82, 2.24) is 0 Å².